The van der Waals surface area contributed by atoms with Gasteiger partial charge in [-0.05, 0) is 24.3 Å². The van der Waals surface area contributed by atoms with Gasteiger partial charge in [0.25, 0.3) is 0 Å². The maximum Gasteiger partial charge on any atom is 0.385 e. The molecule has 0 fully saturated rings. The zero-order valence-electron chi connectivity index (χ0n) is 9.21. The summed E-state index contributed by atoms with van der Waals surface area (Å²) in [5, 5.41) is 11.8. The quantitative estimate of drug-likeness (QED) is 0.794. The van der Waals surface area contributed by atoms with Gasteiger partial charge >= 0.3 is 5.69 Å². The van der Waals surface area contributed by atoms with Crippen LogP contribution >= 0.6 is 0 Å². The van der Waals surface area contributed by atoms with E-state index >= 15 is 0 Å². The Hall–Kier alpha value is -2.67. The lowest BCUT2D eigenvalue weighted by Crippen LogP contribution is -1.88. The summed E-state index contributed by atoms with van der Waals surface area (Å²) in [6, 6.07) is 17.1. The number of hydrogen-bond acceptors (Lipinski definition) is 3. The highest BCUT2D eigenvalue weighted by Gasteiger charge is 2.02. The lowest BCUT2D eigenvalue weighted by Gasteiger charge is -2.04. The van der Waals surface area contributed by atoms with Crippen molar-refractivity contribution in [3.05, 3.63) is 59.6 Å². The predicted octanol–water partition coefficient (Wildman–Crippen LogP) is 3.73. The van der Waals surface area contributed by atoms with Crippen molar-refractivity contribution in [1.82, 2.24) is 0 Å². The summed E-state index contributed by atoms with van der Waals surface area (Å²) in [6.07, 6.45) is 0. The molecule has 0 unspecified atom stereocenters. The third-order valence-electron chi connectivity index (χ3n) is 2.05. The smallest absolute Gasteiger partial charge is 0.356 e. The lowest BCUT2D eigenvalue weighted by atomic mass is 10.2. The van der Waals surface area contributed by atoms with Crippen LogP contribution in [0, 0.1) is 5.39 Å². The third-order valence-corrected chi connectivity index (χ3v) is 2.05. The van der Waals surface area contributed by atoms with E-state index in [4.69, 9.17) is 10.2 Å². The van der Waals surface area contributed by atoms with Crippen LogP contribution in [0.1, 0.15) is 0 Å². The van der Waals surface area contributed by atoms with E-state index in [2.05, 4.69) is 10.3 Å². The zero-order valence-corrected chi connectivity index (χ0v) is 9.21. The van der Waals surface area contributed by atoms with E-state index in [9.17, 15) is 0 Å². The number of diazo groups is 1. The number of hydrogen-bond donors (Lipinski definition) is 1. The predicted molar refractivity (Wildman–Crippen MR) is 68.0 cm³/mol. The van der Waals surface area contributed by atoms with Gasteiger partial charge in [0, 0.05) is 23.5 Å². The highest BCUT2D eigenvalue weighted by Crippen LogP contribution is 2.19. The molecule has 0 aliphatic heterocycles. The first-order valence-electron chi connectivity index (χ1n) is 4.94. The first kappa shape index (κ1) is 12.4. The number of nitrogens with zero attached hydrogens (tertiary/aromatic N) is 2. The molecule has 0 spiro atoms. The molecule has 0 aliphatic carbocycles. The van der Waals surface area contributed by atoms with E-state index < -0.39 is 0 Å². The fourth-order valence-corrected chi connectivity index (χ4v) is 1.30. The van der Waals surface area contributed by atoms with Crippen molar-refractivity contribution in [3.8, 4) is 0 Å². The molecule has 0 heterocycles. The monoisotopic (exact) mass is 226 g/mol. The molecule has 0 amide bonds. The van der Waals surface area contributed by atoms with Gasteiger partial charge in [0.15, 0.2) is 4.98 Å². The molecule has 4 heteroatoms. The first-order chi connectivity index (χ1) is 8.38. The molecule has 2 rings (SSSR count). The highest BCUT2D eigenvalue weighted by atomic mass is 16.1. The molecular formula is C13H12N3O+. The SMILES string of the molecule is C=O.N#[N+]c1ccc(Nc2ccccc2)cc1. The molecule has 0 saturated carbocycles. The van der Waals surface area contributed by atoms with Crippen LogP contribution in [-0.4, -0.2) is 6.79 Å². The Morgan fingerprint density at radius 3 is 1.94 bits per heavy atom. The summed E-state index contributed by atoms with van der Waals surface area (Å²) < 4.78 is 0. The second kappa shape index (κ2) is 6.75. The summed E-state index contributed by atoms with van der Waals surface area (Å²) in [5.74, 6) is 0. The summed E-state index contributed by atoms with van der Waals surface area (Å²) in [7, 11) is 0. The minimum Gasteiger partial charge on any atom is -0.356 e. The van der Waals surface area contributed by atoms with Crippen molar-refractivity contribution < 1.29 is 4.79 Å². The van der Waals surface area contributed by atoms with Gasteiger partial charge in [-0.2, -0.15) is 0 Å². The van der Waals surface area contributed by atoms with Crippen molar-refractivity contribution >= 4 is 23.9 Å². The number of rotatable bonds is 2. The molecule has 0 aliphatic rings. The van der Waals surface area contributed by atoms with E-state index in [-0.39, 0.29) is 0 Å². The van der Waals surface area contributed by atoms with Crippen molar-refractivity contribution in [1.29, 1.82) is 5.39 Å². The average molecular weight is 226 g/mol. The number of anilines is 2. The van der Waals surface area contributed by atoms with Gasteiger partial charge in [-0.25, -0.2) is 0 Å². The Balaban J connectivity index is 0.000000686. The van der Waals surface area contributed by atoms with Gasteiger partial charge in [0.2, 0.25) is 5.39 Å². The van der Waals surface area contributed by atoms with Crippen LogP contribution in [0.2, 0.25) is 0 Å². The number of carbonyl (C=O) groups excluding carboxylic acids is 1. The summed E-state index contributed by atoms with van der Waals surface area (Å²) in [6.45, 7) is 2.00. The van der Waals surface area contributed by atoms with E-state index in [0.29, 0.717) is 5.69 Å². The molecule has 17 heavy (non-hydrogen) atoms. The lowest BCUT2D eigenvalue weighted by molar-refractivity contribution is -0.0979. The normalized spacial score (nSPS) is 8.41. The van der Waals surface area contributed by atoms with E-state index in [1.807, 2.05) is 49.3 Å². The third kappa shape index (κ3) is 3.76. The highest BCUT2D eigenvalue weighted by molar-refractivity contribution is 5.62. The van der Waals surface area contributed by atoms with Gasteiger partial charge in [-0.15, -0.1) is 0 Å². The van der Waals surface area contributed by atoms with Crippen molar-refractivity contribution in [3.63, 3.8) is 0 Å². The molecule has 0 aromatic heterocycles. The van der Waals surface area contributed by atoms with Gasteiger partial charge in [0.05, 0.1) is 0 Å². The molecule has 2 aromatic carbocycles. The van der Waals surface area contributed by atoms with Crippen molar-refractivity contribution in [2.45, 2.75) is 0 Å². The van der Waals surface area contributed by atoms with Gasteiger partial charge in [-0.3, -0.25) is 0 Å². The maximum atomic E-state index is 8.52. The van der Waals surface area contributed by atoms with Crippen LogP contribution in [0.25, 0.3) is 4.98 Å². The number of nitrogens with one attached hydrogen (secondary N) is 1. The fourth-order valence-electron chi connectivity index (χ4n) is 1.30. The fraction of sp³-hybridized carbons (Fsp3) is 0. The zero-order chi connectivity index (χ0) is 12.5. The number of carbonyl (C=O) groups is 1. The molecule has 4 nitrogen and oxygen atoms in total. The second-order valence-corrected chi connectivity index (χ2v) is 3.14. The molecule has 2 aromatic rings. The Morgan fingerprint density at radius 1 is 0.882 bits per heavy atom. The topological polar surface area (TPSA) is 57.2 Å². The number of benzene rings is 2. The molecule has 0 bridgehead atoms. The molecule has 0 radical (unpaired) electrons. The van der Waals surface area contributed by atoms with Crippen molar-refractivity contribution in [2.75, 3.05) is 5.32 Å². The average Bonchev–Trinajstić information content (AvgIpc) is 2.43. The van der Waals surface area contributed by atoms with E-state index in [1.54, 1.807) is 12.1 Å². The maximum absolute atomic E-state index is 8.52. The molecule has 0 atom stereocenters. The van der Waals surface area contributed by atoms with Crippen LogP contribution in [0.4, 0.5) is 17.1 Å². The Bertz CT molecular complexity index is 488. The van der Waals surface area contributed by atoms with Crippen LogP contribution in [-0.2, 0) is 4.79 Å². The minimum atomic E-state index is 0.550. The Morgan fingerprint density at radius 2 is 1.41 bits per heavy atom. The largest absolute Gasteiger partial charge is 0.385 e. The second-order valence-electron chi connectivity index (χ2n) is 3.14. The molecule has 1 N–H and O–H groups in total. The summed E-state index contributed by atoms with van der Waals surface area (Å²) in [4.78, 5) is 11.1. The van der Waals surface area contributed by atoms with Crippen LogP contribution in [0.5, 0.6) is 0 Å². The molecular weight excluding hydrogens is 214 g/mol. The van der Waals surface area contributed by atoms with Crippen LogP contribution in [0.15, 0.2) is 54.6 Å². The van der Waals surface area contributed by atoms with Crippen LogP contribution < -0.4 is 5.32 Å². The van der Waals surface area contributed by atoms with Gasteiger partial charge in [0.1, 0.15) is 6.79 Å². The number of para-hydroxylation sites is 1. The van der Waals surface area contributed by atoms with E-state index in [1.165, 1.54) is 0 Å². The molecule has 84 valence electrons. The first-order valence-corrected chi connectivity index (χ1v) is 4.94. The van der Waals surface area contributed by atoms with Crippen molar-refractivity contribution in [2.24, 2.45) is 0 Å². The van der Waals surface area contributed by atoms with Crippen LogP contribution in [0.3, 0.4) is 0 Å². The Kier molecular flexibility index (Phi) is 4.92. The standard InChI is InChI=1S/C12H10N3.CH2O/c13-15-12-8-6-11(7-9-12)14-10-4-2-1-3-5-10;1-2/h1-9,14H;1H2/q+1;. The van der Waals surface area contributed by atoms with E-state index in [0.717, 1.165) is 11.4 Å². The summed E-state index contributed by atoms with van der Waals surface area (Å²) >= 11 is 0. The van der Waals surface area contributed by atoms with Gasteiger partial charge < -0.3 is 10.1 Å². The van der Waals surface area contributed by atoms with Gasteiger partial charge in [-0.1, -0.05) is 18.2 Å². The minimum absolute atomic E-state index is 0.550. The Labute approximate surface area is 99.5 Å². The molecule has 0 saturated heterocycles. The summed E-state index contributed by atoms with van der Waals surface area (Å²) in [5.41, 5.74) is 2.55.